The summed E-state index contributed by atoms with van der Waals surface area (Å²) in [6.45, 7) is 1.03. The molecule has 0 saturated carbocycles. The molecule has 3 aromatic rings. The third-order valence-corrected chi connectivity index (χ3v) is 5.77. The van der Waals surface area contributed by atoms with Gasteiger partial charge >= 0.3 is 5.97 Å². The molecule has 0 bridgehead atoms. The van der Waals surface area contributed by atoms with Crippen LogP contribution >= 0.6 is 11.3 Å². The number of carboxylic acids is 1. The summed E-state index contributed by atoms with van der Waals surface area (Å²) in [6.07, 6.45) is 3.34. The number of nitrogens with zero attached hydrogens (tertiary/aromatic N) is 3. The van der Waals surface area contributed by atoms with Gasteiger partial charge in [0.25, 0.3) is 0 Å². The topological polar surface area (TPSA) is 74.9 Å². The van der Waals surface area contributed by atoms with Gasteiger partial charge in [-0.1, -0.05) is 30.3 Å². The van der Waals surface area contributed by atoms with Gasteiger partial charge in [0.15, 0.2) is 4.96 Å². The molecule has 0 spiro atoms. The highest BCUT2D eigenvalue weighted by atomic mass is 32.1. The minimum atomic E-state index is -0.761. The molecular formula is C19H19N3O3S. The quantitative estimate of drug-likeness (QED) is 0.767. The van der Waals surface area contributed by atoms with E-state index < -0.39 is 5.97 Å². The Labute approximate surface area is 154 Å². The first-order valence-electron chi connectivity index (χ1n) is 8.63. The smallest absolute Gasteiger partial charge is 0.306 e. The van der Waals surface area contributed by atoms with E-state index in [-0.39, 0.29) is 11.8 Å². The summed E-state index contributed by atoms with van der Waals surface area (Å²) in [7, 11) is 0. The van der Waals surface area contributed by atoms with Crippen molar-refractivity contribution in [2.75, 3.05) is 13.1 Å². The number of aliphatic carboxylic acids is 1. The molecule has 2 aromatic heterocycles. The number of imidazole rings is 1. The van der Waals surface area contributed by atoms with E-state index in [2.05, 4.69) is 4.98 Å². The van der Waals surface area contributed by atoms with Crippen molar-refractivity contribution in [1.82, 2.24) is 14.3 Å². The number of carbonyl (C=O) groups is 2. The Morgan fingerprint density at radius 2 is 1.92 bits per heavy atom. The minimum absolute atomic E-state index is 0.0449. The minimum Gasteiger partial charge on any atom is -0.481 e. The van der Waals surface area contributed by atoms with Crippen molar-refractivity contribution in [3.05, 3.63) is 47.6 Å². The second kappa shape index (κ2) is 6.92. The molecule has 4 rings (SSSR count). The fourth-order valence-electron chi connectivity index (χ4n) is 3.35. The van der Waals surface area contributed by atoms with E-state index in [1.54, 1.807) is 4.90 Å². The molecule has 3 heterocycles. The number of rotatable bonds is 4. The van der Waals surface area contributed by atoms with Crippen LogP contribution in [0.25, 0.3) is 16.2 Å². The van der Waals surface area contributed by atoms with Crippen LogP contribution in [-0.2, 0) is 16.0 Å². The SMILES string of the molecule is O=C(O)C1CCN(C(=O)Cc2csc3nc(-c4ccccc4)cn23)CC1. The van der Waals surface area contributed by atoms with E-state index in [0.29, 0.717) is 32.4 Å². The average molecular weight is 369 g/mol. The van der Waals surface area contributed by atoms with Crippen LogP contribution in [0.4, 0.5) is 0 Å². The largest absolute Gasteiger partial charge is 0.481 e. The van der Waals surface area contributed by atoms with Gasteiger partial charge in [0.2, 0.25) is 5.91 Å². The summed E-state index contributed by atoms with van der Waals surface area (Å²) >= 11 is 1.53. The van der Waals surface area contributed by atoms with Crippen molar-refractivity contribution < 1.29 is 14.7 Å². The molecular weight excluding hydrogens is 350 g/mol. The van der Waals surface area contributed by atoms with E-state index in [9.17, 15) is 9.59 Å². The van der Waals surface area contributed by atoms with Gasteiger partial charge in [0.05, 0.1) is 18.0 Å². The normalized spacial score (nSPS) is 15.5. The first kappa shape index (κ1) is 16.8. The van der Waals surface area contributed by atoms with Crippen LogP contribution in [0.3, 0.4) is 0 Å². The fourth-order valence-corrected chi connectivity index (χ4v) is 4.22. The van der Waals surface area contributed by atoms with Gasteiger partial charge < -0.3 is 10.0 Å². The summed E-state index contributed by atoms with van der Waals surface area (Å²) in [5.74, 6) is -1.04. The molecule has 0 unspecified atom stereocenters. The number of hydrogen-bond acceptors (Lipinski definition) is 4. The van der Waals surface area contributed by atoms with Gasteiger partial charge in [-0.2, -0.15) is 0 Å². The van der Waals surface area contributed by atoms with Gasteiger partial charge in [0.1, 0.15) is 0 Å². The average Bonchev–Trinajstić information content (AvgIpc) is 3.24. The maximum Gasteiger partial charge on any atom is 0.306 e. The van der Waals surface area contributed by atoms with Gasteiger partial charge in [-0.05, 0) is 12.8 Å². The van der Waals surface area contributed by atoms with Crippen molar-refractivity contribution in [3.63, 3.8) is 0 Å². The molecule has 1 N–H and O–H groups in total. The first-order chi connectivity index (χ1) is 12.6. The summed E-state index contributed by atoms with van der Waals surface area (Å²) < 4.78 is 1.98. The third-order valence-electron chi connectivity index (χ3n) is 4.88. The number of aromatic nitrogens is 2. The zero-order valence-corrected chi connectivity index (χ0v) is 15.0. The molecule has 1 aromatic carbocycles. The Morgan fingerprint density at radius 1 is 1.19 bits per heavy atom. The van der Waals surface area contributed by atoms with E-state index in [4.69, 9.17) is 5.11 Å². The van der Waals surface area contributed by atoms with Crippen molar-refractivity contribution in [2.24, 2.45) is 5.92 Å². The number of thiazole rings is 1. The first-order valence-corrected chi connectivity index (χ1v) is 9.51. The lowest BCUT2D eigenvalue weighted by Gasteiger charge is -2.30. The number of carboxylic acid groups (broad SMARTS) is 1. The van der Waals surface area contributed by atoms with Crippen molar-refractivity contribution in [2.45, 2.75) is 19.3 Å². The monoisotopic (exact) mass is 369 g/mol. The molecule has 0 atom stereocenters. The van der Waals surface area contributed by atoms with Crippen LogP contribution in [0.2, 0.25) is 0 Å². The number of likely N-dealkylation sites (tertiary alicyclic amines) is 1. The third kappa shape index (κ3) is 3.22. The molecule has 134 valence electrons. The van der Waals surface area contributed by atoms with E-state index in [0.717, 1.165) is 21.9 Å². The van der Waals surface area contributed by atoms with Gasteiger partial charge in [-0.3, -0.25) is 14.0 Å². The zero-order valence-electron chi connectivity index (χ0n) is 14.2. The number of carbonyl (C=O) groups excluding carboxylic acids is 1. The van der Waals surface area contributed by atoms with E-state index in [1.807, 2.05) is 46.3 Å². The van der Waals surface area contributed by atoms with E-state index >= 15 is 0 Å². The van der Waals surface area contributed by atoms with Gasteiger partial charge in [0, 0.05) is 35.9 Å². The predicted molar refractivity (Wildman–Crippen MR) is 99.1 cm³/mol. The second-order valence-corrected chi connectivity index (χ2v) is 7.38. The number of benzene rings is 1. The molecule has 1 aliphatic rings. The molecule has 0 aliphatic carbocycles. The maximum atomic E-state index is 12.6. The second-order valence-electron chi connectivity index (χ2n) is 6.54. The standard InChI is InChI=1S/C19H19N3O3S/c23-17(21-8-6-14(7-9-21)18(24)25)10-15-12-26-19-20-16(11-22(15)19)13-4-2-1-3-5-13/h1-5,11-12,14H,6-10H2,(H,24,25). The molecule has 1 saturated heterocycles. The summed E-state index contributed by atoms with van der Waals surface area (Å²) in [5.41, 5.74) is 2.87. The van der Waals surface area contributed by atoms with Crippen LogP contribution in [0.5, 0.6) is 0 Å². The molecule has 26 heavy (non-hydrogen) atoms. The lowest BCUT2D eigenvalue weighted by atomic mass is 9.97. The van der Waals surface area contributed by atoms with Crippen molar-refractivity contribution in [1.29, 1.82) is 0 Å². The van der Waals surface area contributed by atoms with Crippen LogP contribution in [-0.4, -0.2) is 44.4 Å². The molecule has 6 nitrogen and oxygen atoms in total. The van der Waals surface area contributed by atoms with Crippen LogP contribution in [0, 0.1) is 5.92 Å². The maximum absolute atomic E-state index is 12.6. The lowest BCUT2D eigenvalue weighted by molar-refractivity contribution is -0.145. The predicted octanol–water partition coefficient (Wildman–Crippen LogP) is 2.93. The van der Waals surface area contributed by atoms with Gasteiger partial charge in [-0.15, -0.1) is 11.3 Å². The molecule has 1 fully saturated rings. The van der Waals surface area contributed by atoms with Crippen LogP contribution < -0.4 is 0 Å². The Bertz CT molecular complexity index is 940. The summed E-state index contributed by atoms with van der Waals surface area (Å²) in [4.78, 5) is 30.9. The number of fused-ring (bicyclic) bond motifs is 1. The summed E-state index contributed by atoms with van der Waals surface area (Å²) in [6, 6.07) is 9.97. The van der Waals surface area contributed by atoms with Crippen LogP contribution in [0.1, 0.15) is 18.5 Å². The highest BCUT2D eigenvalue weighted by Crippen LogP contribution is 2.24. The summed E-state index contributed by atoms with van der Waals surface area (Å²) in [5, 5.41) is 11.0. The lowest BCUT2D eigenvalue weighted by Crippen LogP contribution is -2.41. The van der Waals surface area contributed by atoms with E-state index in [1.165, 1.54) is 11.3 Å². The number of piperidine rings is 1. The zero-order chi connectivity index (χ0) is 18.1. The van der Waals surface area contributed by atoms with Crippen LogP contribution in [0.15, 0.2) is 41.9 Å². The molecule has 0 radical (unpaired) electrons. The van der Waals surface area contributed by atoms with Crippen molar-refractivity contribution in [3.8, 4) is 11.3 Å². The molecule has 1 amide bonds. The molecule has 1 aliphatic heterocycles. The van der Waals surface area contributed by atoms with Gasteiger partial charge in [-0.25, -0.2) is 4.98 Å². The fraction of sp³-hybridized carbons (Fsp3) is 0.316. The number of amides is 1. The highest BCUT2D eigenvalue weighted by Gasteiger charge is 2.27. The van der Waals surface area contributed by atoms with Crippen molar-refractivity contribution >= 4 is 28.2 Å². The Hall–Kier alpha value is -2.67. The highest BCUT2D eigenvalue weighted by molar-refractivity contribution is 7.15. The Morgan fingerprint density at radius 3 is 2.62 bits per heavy atom. The molecule has 7 heteroatoms. The Kier molecular flexibility index (Phi) is 4.46. The Balaban J connectivity index is 1.48. The number of hydrogen-bond donors (Lipinski definition) is 1.